The first-order valence-electron chi connectivity index (χ1n) is 10.3. The van der Waals surface area contributed by atoms with E-state index in [9.17, 15) is 9.90 Å². The van der Waals surface area contributed by atoms with Crippen LogP contribution in [0.15, 0.2) is 24.0 Å². The van der Waals surface area contributed by atoms with Gasteiger partial charge >= 0.3 is 6.09 Å². The number of likely N-dealkylation sites (tertiary alicyclic amines) is 1. The zero-order valence-corrected chi connectivity index (χ0v) is 17.4. The van der Waals surface area contributed by atoms with E-state index >= 15 is 0 Å². The number of rotatable bonds is 3. The Bertz CT molecular complexity index is 915. The molecule has 2 heterocycles. The minimum absolute atomic E-state index is 0.0130. The van der Waals surface area contributed by atoms with Crippen molar-refractivity contribution >= 4 is 6.09 Å². The van der Waals surface area contributed by atoms with Crippen LogP contribution in [0, 0.1) is 0 Å². The van der Waals surface area contributed by atoms with Crippen LogP contribution in [0.2, 0.25) is 0 Å². The molecule has 1 N–H and O–H groups in total. The molecule has 1 fully saturated rings. The van der Waals surface area contributed by atoms with Gasteiger partial charge in [0.2, 0.25) is 0 Å². The fourth-order valence-electron chi connectivity index (χ4n) is 5.90. The minimum atomic E-state index is -0.984. The van der Waals surface area contributed by atoms with Crippen molar-refractivity contribution in [3.63, 3.8) is 0 Å². The van der Waals surface area contributed by atoms with E-state index in [1.165, 1.54) is 10.5 Å². The predicted molar refractivity (Wildman–Crippen MR) is 106 cm³/mol. The molecule has 4 atom stereocenters. The van der Waals surface area contributed by atoms with Gasteiger partial charge in [0.1, 0.15) is 5.76 Å². The molecule has 1 aromatic rings. The van der Waals surface area contributed by atoms with E-state index in [4.69, 9.17) is 14.2 Å². The molecule has 0 aromatic heterocycles. The highest BCUT2D eigenvalue weighted by Crippen LogP contribution is 2.65. The SMILES string of the molecule is CCN(C)C(=O)OC1=CCC2(O)[C@H]3Cc4ccc(OC)c5c4[C@@]2(CCN3C)C1O5. The molecule has 29 heavy (non-hydrogen) atoms. The fourth-order valence-corrected chi connectivity index (χ4v) is 5.90. The standard InChI is InChI=1S/C22H28N2O5/c1-5-23(2)20(25)28-15-8-9-22(26)16-12-13-6-7-14(27-4)18-17(13)21(22,19(15)29-18)10-11-24(16)3/h6-8,16,19,26H,5,9-12H2,1-4H3/t16-,19?,21+,22?/m1/s1. The Morgan fingerprint density at radius 3 is 2.97 bits per heavy atom. The smallest absolute Gasteiger partial charge is 0.414 e. The molecular formula is C22H28N2O5. The Morgan fingerprint density at radius 1 is 1.45 bits per heavy atom. The monoisotopic (exact) mass is 400 g/mol. The lowest BCUT2D eigenvalue weighted by molar-refractivity contribution is -0.163. The van der Waals surface area contributed by atoms with E-state index < -0.39 is 23.2 Å². The summed E-state index contributed by atoms with van der Waals surface area (Å²) in [6.07, 6.45) is 2.81. The summed E-state index contributed by atoms with van der Waals surface area (Å²) < 4.78 is 17.8. The first-order chi connectivity index (χ1) is 13.9. The summed E-state index contributed by atoms with van der Waals surface area (Å²) in [6.45, 7) is 3.30. The number of piperidine rings is 1. The van der Waals surface area contributed by atoms with Crippen molar-refractivity contribution in [3.8, 4) is 11.5 Å². The number of carbonyl (C=O) groups is 1. The normalized spacial score (nSPS) is 34.0. The minimum Gasteiger partial charge on any atom is -0.493 e. The summed E-state index contributed by atoms with van der Waals surface area (Å²) >= 11 is 0. The zero-order valence-electron chi connectivity index (χ0n) is 17.4. The molecular weight excluding hydrogens is 372 g/mol. The predicted octanol–water partition coefficient (Wildman–Crippen LogP) is 2.06. The second kappa shape index (κ2) is 6.12. The van der Waals surface area contributed by atoms with Gasteiger partial charge in [0, 0.05) is 31.6 Å². The fraction of sp³-hybridized carbons (Fsp3) is 0.591. The number of ether oxygens (including phenoxy) is 3. The lowest BCUT2D eigenvalue weighted by atomic mass is 9.50. The van der Waals surface area contributed by atoms with Gasteiger partial charge in [-0.05, 0) is 51.1 Å². The number of hydrogen-bond donors (Lipinski definition) is 1. The Hall–Kier alpha value is -2.25. The lowest BCUT2D eigenvalue weighted by Crippen LogP contribution is -2.74. The van der Waals surface area contributed by atoms with Gasteiger partial charge in [0.15, 0.2) is 17.6 Å². The molecule has 2 aliphatic heterocycles. The second-order valence-electron chi connectivity index (χ2n) is 8.67. The van der Waals surface area contributed by atoms with Gasteiger partial charge in [0.25, 0.3) is 0 Å². The van der Waals surface area contributed by atoms with Crippen LogP contribution in [-0.4, -0.2) is 73.0 Å². The van der Waals surface area contributed by atoms with E-state index in [1.807, 2.05) is 19.1 Å². The number of carbonyl (C=O) groups excluding carboxylic acids is 1. The van der Waals surface area contributed by atoms with Crippen LogP contribution in [0.4, 0.5) is 4.79 Å². The van der Waals surface area contributed by atoms with E-state index in [0.29, 0.717) is 30.2 Å². The van der Waals surface area contributed by atoms with Gasteiger partial charge in [0.05, 0.1) is 18.1 Å². The Morgan fingerprint density at radius 2 is 2.24 bits per heavy atom. The third-order valence-electron chi connectivity index (χ3n) is 7.55. The Kier molecular flexibility index (Phi) is 3.96. The highest BCUT2D eigenvalue weighted by Gasteiger charge is 2.72. The van der Waals surface area contributed by atoms with Gasteiger partial charge in [-0.1, -0.05) is 6.07 Å². The average molecular weight is 400 g/mol. The van der Waals surface area contributed by atoms with E-state index in [2.05, 4.69) is 18.0 Å². The molecule has 1 saturated heterocycles. The maximum atomic E-state index is 12.5. The molecule has 5 rings (SSSR count). The number of amides is 1. The summed E-state index contributed by atoms with van der Waals surface area (Å²) in [5.41, 5.74) is 0.598. The third kappa shape index (κ3) is 2.17. The summed E-state index contributed by atoms with van der Waals surface area (Å²) in [7, 11) is 5.41. The van der Waals surface area contributed by atoms with Crippen LogP contribution >= 0.6 is 0 Å². The van der Waals surface area contributed by atoms with Crippen molar-refractivity contribution in [1.82, 2.24) is 9.80 Å². The van der Waals surface area contributed by atoms with Crippen LogP contribution in [0.3, 0.4) is 0 Å². The van der Waals surface area contributed by atoms with E-state index in [0.717, 1.165) is 24.9 Å². The van der Waals surface area contributed by atoms with Crippen molar-refractivity contribution in [2.75, 3.05) is 34.3 Å². The molecule has 2 bridgehead atoms. The number of likely N-dealkylation sites (N-methyl/N-ethyl adjacent to an activating group) is 1. The summed E-state index contributed by atoms with van der Waals surface area (Å²) in [6, 6.07) is 4.01. The average Bonchev–Trinajstić information content (AvgIpc) is 3.07. The number of aliphatic hydroxyl groups is 1. The maximum absolute atomic E-state index is 12.5. The molecule has 1 amide bonds. The molecule has 1 spiro atoms. The van der Waals surface area contributed by atoms with Crippen LogP contribution in [0.1, 0.15) is 30.9 Å². The largest absolute Gasteiger partial charge is 0.493 e. The molecule has 156 valence electrons. The maximum Gasteiger partial charge on any atom is 0.414 e. The van der Waals surface area contributed by atoms with Gasteiger partial charge in [-0.2, -0.15) is 0 Å². The lowest BCUT2D eigenvalue weighted by Gasteiger charge is -2.61. The summed E-state index contributed by atoms with van der Waals surface area (Å²) in [5, 5.41) is 12.1. The first-order valence-corrected chi connectivity index (χ1v) is 10.3. The summed E-state index contributed by atoms with van der Waals surface area (Å²) in [4.78, 5) is 16.3. The van der Waals surface area contributed by atoms with Crippen molar-refractivity contribution < 1.29 is 24.1 Å². The van der Waals surface area contributed by atoms with Crippen molar-refractivity contribution in [2.45, 2.75) is 49.3 Å². The van der Waals surface area contributed by atoms with Crippen molar-refractivity contribution in [3.05, 3.63) is 35.1 Å². The van der Waals surface area contributed by atoms with Gasteiger partial charge < -0.3 is 29.1 Å². The quantitative estimate of drug-likeness (QED) is 0.838. The Balaban J connectivity index is 1.68. The molecule has 0 radical (unpaired) electrons. The van der Waals surface area contributed by atoms with Crippen LogP contribution < -0.4 is 9.47 Å². The van der Waals surface area contributed by atoms with Gasteiger partial charge in [-0.15, -0.1) is 0 Å². The van der Waals surface area contributed by atoms with Crippen LogP contribution in [-0.2, 0) is 16.6 Å². The second-order valence-corrected chi connectivity index (χ2v) is 8.67. The van der Waals surface area contributed by atoms with Crippen molar-refractivity contribution in [1.29, 1.82) is 0 Å². The van der Waals surface area contributed by atoms with Crippen LogP contribution in [0.5, 0.6) is 11.5 Å². The molecule has 4 aliphatic rings. The number of nitrogens with zero attached hydrogens (tertiary/aromatic N) is 2. The highest BCUT2D eigenvalue weighted by molar-refractivity contribution is 5.70. The summed E-state index contributed by atoms with van der Waals surface area (Å²) in [5.74, 6) is 1.84. The van der Waals surface area contributed by atoms with Crippen LogP contribution in [0.25, 0.3) is 0 Å². The first kappa shape index (κ1) is 18.8. The van der Waals surface area contributed by atoms with E-state index in [-0.39, 0.29) is 6.04 Å². The molecule has 7 nitrogen and oxygen atoms in total. The number of methoxy groups -OCH3 is 1. The number of hydrogen-bond acceptors (Lipinski definition) is 6. The molecule has 1 aromatic carbocycles. The van der Waals surface area contributed by atoms with Gasteiger partial charge in [-0.3, -0.25) is 0 Å². The van der Waals surface area contributed by atoms with Crippen molar-refractivity contribution in [2.24, 2.45) is 0 Å². The molecule has 2 aliphatic carbocycles. The zero-order chi connectivity index (χ0) is 20.6. The topological polar surface area (TPSA) is 71.5 Å². The molecule has 2 unspecified atom stereocenters. The van der Waals surface area contributed by atoms with Gasteiger partial charge in [-0.25, -0.2) is 4.79 Å². The highest BCUT2D eigenvalue weighted by atomic mass is 16.6. The molecule has 0 saturated carbocycles. The number of benzene rings is 1. The third-order valence-corrected chi connectivity index (χ3v) is 7.55. The molecule has 7 heteroatoms. The Labute approximate surface area is 170 Å². The van der Waals surface area contributed by atoms with E-state index in [1.54, 1.807) is 14.2 Å².